The zero-order valence-electron chi connectivity index (χ0n) is 13.6. The number of nitrogens with one attached hydrogen (secondary N) is 2. The molecule has 0 atom stereocenters. The fraction of sp³-hybridized carbons (Fsp3) is 0.533. The van der Waals surface area contributed by atoms with Crippen molar-refractivity contribution in [1.82, 2.24) is 10.6 Å². The van der Waals surface area contributed by atoms with E-state index in [1.54, 1.807) is 7.05 Å². The molecular formula is C15H23F3IN3O. The molecule has 1 aromatic carbocycles. The van der Waals surface area contributed by atoms with Gasteiger partial charge < -0.3 is 15.4 Å². The Morgan fingerprint density at radius 1 is 1.17 bits per heavy atom. The summed E-state index contributed by atoms with van der Waals surface area (Å²) in [5, 5.41) is 6.13. The average molecular weight is 445 g/mol. The topological polar surface area (TPSA) is 45.7 Å². The highest BCUT2D eigenvalue weighted by molar-refractivity contribution is 14.0. The summed E-state index contributed by atoms with van der Waals surface area (Å²) in [5.74, 6) is 0.399. The molecule has 0 aliphatic rings. The van der Waals surface area contributed by atoms with Crippen molar-refractivity contribution in [3.05, 3.63) is 29.8 Å². The van der Waals surface area contributed by atoms with E-state index in [4.69, 9.17) is 4.74 Å². The average Bonchev–Trinajstić information content (AvgIpc) is 2.40. The molecule has 0 aromatic heterocycles. The summed E-state index contributed by atoms with van der Waals surface area (Å²) in [7, 11) is 1.63. The Morgan fingerprint density at radius 2 is 1.78 bits per heavy atom. The number of ether oxygens (including phenoxy) is 1. The number of hydrogen-bond donors (Lipinski definition) is 2. The van der Waals surface area contributed by atoms with Gasteiger partial charge in [0.2, 0.25) is 0 Å². The van der Waals surface area contributed by atoms with Crippen LogP contribution in [0.25, 0.3) is 0 Å². The zero-order chi connectivity index (χ0) is 16.8. The van der Waals surface area contributed by atoms with Gasteiger partial charge in [-0.05, 0) is 32.9 Å². The molecular weight excluding hydrogens is 422 g/mol. The molecule has 0 spiro atoms. The van der Waals surface area contributed by atoms with Crippen LogP contribution >= 0.6 is 24.0 Å². The Balaban J connectivity index is 0.00000484. The molecule has 0 aliphatic heterocycles. The molecule has 2 N–H and O–H groups in total. The molecule has 1 aromatic rings. The number of nitrogens with zero attached hydrogens (tertiary/aromatic N) is 1. The Bertz CT molecular complexity index is 513. The quantitative estimate of drug-likeness (QED) is 0.322. The predicted octanol–water partition coefficient (Wildman–Crippen LogP) is 3.67. The molecule has 1 rings (SSSR count). The van der Waals surface area contributed by atoms with E-state index < -0.39 is 11.7 Å². The van der Waals surface area contributed by atoms with Crippen LogP contribution in [0.2, 0.25) is 0 Å². The SMILES string of the molecule is CN=C(NCCOc1ccccc1C(F)(F)F)NC(C)(C)C.I. The summed E-state index contributed by atoms with van der Waals surface area (Å²) in [6.45, 7) is 6.38. The van der Waals surface area contributed by atoms with Gasteiger partial charge in [-0.25, -0.2) is 0 Å². The van der Waals surface area contributed by atoms with Gasteiger partial charge in [-0.1, -0.05) is 12.1 Å². The van der Waals surface area contributed by atoms with Crippen LogP contribution < -0.4 is 15.4 Å². The molecule has 4 nitrogen and oxygen atoms in total. The second kappa shape index (κ2) is 9.19. The Hall–Kier alpha value is -1.19. The van der Waals surface area contributed by atoms with Crippen molar-refractivity contribution < 1.29 is 17.9 Å². The zero-order valence-corrected chi connectivity index (χ0v) is 16.0. The van der Waals surface area contributed by atoms with Crippen LogP contribution in [0.4, 0.5) is 13.2 Å². The first-order valence-corrected chi connectivity index (χ1v) is 6.91. The first-order chi connectivity index (χ1) is 10.1. The highest BCUT2D eigenvalue weighted by Gasteiger charge is 2.33. The van der Waals surface area contributed by atoms with E-state index in [0.717, 1.165) is 6.07 Å². The minimum Gasteiger partial charge on any atom is -0.491 e. The van der Waals surface area contributed by atoms with Crippen LogP contribution in [0.5, 0.6) is 5.75 Å². The molecule has 8 heteroatoms. The van der Waals surface area contributed by atoms with E-state index in [0.29, 0.717) is 12.5 Å². The molecule has 0 unspecified atom stereocenters. The number of hydrogen-bond acceptors (Lipinski definition) is 2. The Morgan fingerprint density at radius 3 is 2.30 bits per heavy atom. The van der Waals surface area contributed by atoms with Crippen molar-refractivity contribution >= 4 is 29.9 Å². The van der Waals surface area contributed by atoms with Gasteiger partial charge in [0, 0.05) is 12.6 Å². The minimum atomic E-state index is -4.42. The van der Waals surface area contributed by atoms with Crippen LogP contribution in [-0.2, 0) is 6.18 Å². The van der Waals surface area contributed by atoms with Gasteiger partial charge in [0.15, 0.2) is 5.96 Å². The largest absolute Gasteiger partial charge is 0.491 e. The van der Waals surface area contributed by atoms with Gasteiger partial charge in [-0.2, -0.15) is 13.2 Å². The molecule has 132 valence electrons. The van der Waals surface area contributed by atoms with E-state index in [1.165, 1.54) is 18.2 Å². The summed E-state index contributed by atoms with van der Waals surface area (Å²) in [6, 6.07) is 5.16. The van der Waals surface area contributed by atoms with Gasteiger partial charge in [-0.3, -0.25) is 4.99 Å². The van der Waals surface area contributed by atoms with E-state index >= 15 is 0 Å². The fourth-order valence-electron chi connectivity index (χ4n) is 1.69. The van der Waals surface area contributed by atoms with Crippen LogP contribution in [-0.4, -0.2) is 31.7 Å². The third-order valence-corrected chi connectivity index (χ3v) is 2.56. The molecule has 23 heavy (non-hydrogen) atoms. The van der Waals surface area contributed by atoms with Crippen molar-refractivity contribution in [3.8, 4) is 5.75 Å². The van der Waals surface area contributed by atoms with Gasteiger partial charge in [0.25, 0.3) is 0 Å². The molecule has 0 radical (unpaired) electrons. The third-order valence-electron chi connectivity index (χ3n) is 2.56. The first-order valence-electron chi connectivity index (χ1n) is 6.91. The fourth-order valence-corrected chi connectivity index (χ4v) is 1.69. The molecule has 0 amide bonds. The predicted molar refractivity (Wildman–Crippen MR) is 96.6 cm³/mol. The standard InChI is InChI=1S/C15H22F3N3O.HI/c1-14(2,3)21-13(19-4)20-9-10-22-12-8-6-5-7-11(12)15(16,17)18;/h5-8H,9-10H2,1-4H3,(H2,19,20,21);1H. The summed E-state index contributed by atoms with van der Waals surface area (Å²) in [4.78, 5) is 4.03. The van der Waals surface area contributed by atoms with E-state index in [1.807, 2.05) is 20.8 Å². The number of halogens is 4. The van der Waals surface area contributed by atoms with Crippen molar-refractivity contribution in [1.29, 1.82) is 0 Å². The second-order valence-electron chi connectivity index (χ2n) is 5.72. The summed E-state index contributed by atoms with van der Waals surface area (Å²) >= 11 is 0. The number of rotatable bonds is 4. The summed E-state index contributed by atoms with van der Waals surface area (Å²) in [5.41, 5.74) is -0.932. The molecule has 0 bridgehead atoms. The molecule has 0 fully saturated rings. The smallest absolute Gasteiger partial charge is 0.419 e. The van der Waals surface area contributed by atoms with Crippen LogP contribution in [0, 0.1) is 0 Å². The lowest BCUT2D eigenvalue weighted by atomic mass is 10.1. The highest BCUT2D eigenvalue weighted by atomic mass is 127. The summed E-state index contributed by atoms with van der Waals surface area (Å²) in [6.07, 6.45) is -4.42. The number of alkyl halides is 3. The normalized spacial score (nSPS) is 12.4. The van der Waals surface area contributed by atoms with Crippen LogP contribution in [0.15, 0.2) is 29.3 Å². The van der Waals surface area contributed by atoms with E-state index in [-0.39, 0.29) is 41.9 Å². The van der Waals surface area contributed by atoms with Gasteiger partial charge in [0.05, 0.1) is 12.1 Å². The second-order valence-corrected chi connectivity index (χ2v) is 5.72. The molecule has 0 aliphatic carbocycles. The maximum absolute atomic E-state index is 12.8. The highest BCUT2D eigenvalue weighted by Crippen LogP contribution is 2.35. The van der Waals surface area contributed by atoms with Crippen molar-refractivity contribution in [2.75, 3.05) is 20.2 Å². The van der Waals surface area contributed by atoms with Crippen molar-refractivity contribution in [2.45, 2.75) is 32.5 Å². The van der Waals surface area contributed by atoms with E-state index in [2.05, 4.69) is 15.6 Å². The maximum atomic E-state index is 12.8. The lowest BCUT2D eigenvalue weighted by Crippen LogP contribution is -2.48. The maximum Gasteiger partial charge on any atom is 0.419 e. The van der Waals surface area contributed by atoms with Crippen LogP contribution in [0.3, 0.4) is 0 Å². The third kappa shape index (κ3) is 8.29. The molecule has 0 heterocycles. The van der Waals surface area contributed by atoms with Crippen LogP contribution in [0.1, 0.15) is 26.3 Å². The van der Waals surface area contributed by atoms with Gasteiger partial charge >= 0.3 is 6.18 Å². The lowest BCUT2D eigenvalue weighted by Gasteiger charge is -2.23. The van der Waals surface area contributed by atoms with Crippen molar-refractivity contribution in [3.63, 3.8) is 0 Å². The molecule has 0 saturated heterocycles. The van der Waals surface area contributed by atoms with Gasteiger partial charge in [0.1, 0.15) is 12.4 Å². The summed E-state index contributed by atoms with van der Waals surface area (Å²) < 4.78 is 43.6. The minimum absolute atomic E-state index is 0. The number of para-hydroxylation sites is 1. The monoisotopic (exact) mass is 445 g/mol. The number of benzene rings is 1. The van der Waals surface area contributed by atoms with E-state index in [9.17, 15) is 13.2 Å². The lowest BCUT2D eigenvalue weighted by molar-refractivity contribution is -0.138. The molecule has 0 saturated carbocycles. The number of aliphatic imine (C=N–C) groups is 1. The van der Waals surface area contributed by atoms with Crippen molar-refractivity contribution in [2.24, 2.45) is 4.99 Å². The Kier molecular flexibility index (Phi) is 8.71. The first kappa shape index (κ1) is 21.8. The number of guanidine groups is 1. The van der Waals surface area contributed by atoms with Gasteiger partial charge in [-0.15, -0.1) is 24.0 Å². The Labute approximate surface area is 151 Å².